The number of hydrogen-bond donors (Lipinski definition) is 1. The Morgan fingerprint density at radius 1 is 1.54 bits per heavy atom. The van der Waals surface area contributed by atoms with Crippen LogP contribution in [0, 0.1) is 5.92 Å². The zero-order valence-corrected chi connectivity index (χ0v) is 7.95. The molecule has 1 heterocycles. The number of rotatable bonds is 3. The molecule has 0 aliphatic rings. The maximum atomic E-state index is 11.3. The Morgan fingerprint density at radius 2 is 2.31 bits per heavy atom. The smallest absolute Gasteiger partial charge is 0.225 e. The van der Waals surface area contributed by atoms with Gasteiger partial charge in [-0.1, -0.05) is 19.9 Å². The van der Waals surface area contributed by atoms with Gasteiger partial charge >= 0.3 is 0 Å². The highest BCUT2D eigenvalue weighted by Gasteiger charge is 2.04. The largest absolute Gasteiger partial charge is 0.311 e. The zero-order valence-electron chi connectivity index (χ0n) is 7.95. The topological polar surface area (TPSA) is 42.0 Å². The quantitative estimate of drug-likeness (QED) is 0.769. The fourth-order valence-corrected chi connectivity index (χ4v) is 1.00. The summed E-state index contributed by atoms with van der Waals surface area (Å²) in [6.45, 7) is 4.02. The number of carbonyl (C=O) groups excluding carboxylic acids is 1. The average Bonchev–Trinajstić information content (AvgIpc) is 2.04. The lowest BCUT2D eigenvalue weighted by molar-refractivity contribution is -0.116. The Hall–Kier alpha value is -1.38. The number of amides is 1. The van der Waals surface area contributed by atoms with Gasteiger partial charge < -0.3 is 5.32 Å². The summed E-state index contributed by atoms with van der Waals surface area (Å²) >= 11 is 0. The van der Waals surface area contributed by atoms with Crippen molar-refractivity contribution in [1.82, 2.24) is 4.98 Å². The van der Waals surface area contributed by atoms with E-state index in [1.54, 1.807) is 12.3 Å². The second-order valence-corrected chi connectivity index (χ2v) is 3.36. The molecule has 0 fully saturated rings. The molecule has 0 saturated carbocycles. The fourth-order valence-electron chi connectivity index (χ4n) is 1.00. The van der Waals surface area contributed by atoms with Crippen LogP contribution in [0.5, 0.6) is 0 Å². The maximum absolute atomic E-state index is 11.3. The van der Waals surface area contributed by atoms with Crippen molar-refractivity contribution in [2.75, 3.05) is 5.32 Å². The standard InChI is InChI=1S/C10H14N2O/c1-8(2)7-10(13)12-9-5-3-4-6-11-9/h3-6,8H,7H2,1-2H3,(H,11,12,13). The molecule has 70 valence electrons. The van der Waals surface area contributed by atoms with Gasteiger partial charge in [0.15, 0.2) is 0 Å². The Morgan fingerprint density at radius 3 is 2.85 bits per heavy atom. The molecular formula is C10H14N2O. The summed E-state index contributed by atoms with van der Waals surface area (Å²) in [5, 5.41) is 2.72. The fraction of sp³-hybridized carbons (Fsp3) is 0.400. The van der Waals surface area contributed by atoms with Crippen molar-refractivity contribution in [3.63, 3.8) is 0 Å². The molecule has 0 aliphatic carbocycles. The van der Waals surface area contributed by atoms with Gasteiger partial charge in [0.1, 0.15) is 5.82 Å². The first-order valence-corrected chi connectivity index (χ1v) is 4.39. The molecule has 0 radical (unpaired) electrons. The lowest BCUT2D eigenvalue weighted by atomic mass is 10.1. The number of nitrogens with zero attached hydrogens (tertiary/aromatic N) is 1. The molecule has 3 nitrogen and oxygen atoms in total. The van der Waals surface area contributed by atoms with Crippen LogP contribution in [0.25, 0.3) is 0 Å². The molecule has 0 saturated heterocycles. The third-order valence-electron chi connectivity index (χ3n) is 1.53. The molecule has 1 N–H and O–H groups in total. The normalized spacial score (nSPS) is 10.1. The van der Waals surface area contributed by atoms with Crippen LogP contribution >= 0.6 is 0 Å². The summed E-state index contributed by atoms with van der Waals surface area (Å²) in [7, 11) is 0. The maximum Gasteiger partial charge on any atom is 0.225 e. The highest BCUT2D eigenvalue weighted by atomic mass is 16.1. The van der Waals surface area contributed by atoms with E-state index in [9.17, 15) is 4.79 Å². The lowest BCUT2D eigenvalue weighted by Gasteiger charge is -2.05. The number of anilines is 1. The second-order valence-electron chi connectivity index (χ2n) is 3.36. The first-order chi connectivity index (χ1) is 6.18. The minimum absolute atomic E-state index is 0.0219. The molecule has 3 heteroatoms. The number of carbonyl (C=O) groups is 1. The first-order valence-electron chi connectivity index (χ1n) is 4.39. The minimum atomic E-state index is 0.0219. The van der Waals surface area contributed by atoms with Crippen LogP contribution in [0.3, 0.4) is 0 Å². The molecule has 0 unspecified atom stereocenters. The highest BCUT2D eigenvalue weighted by molar-refractivity contribution is 5.89. The van der Waals surface area contributed by atoms with Gasteiger partial charge in [0.25, 0.3) is 0 Å². The third kappa shape index (κ3) is 3.69. The van der Waals surface area contributed by atoms with E-state index in [-0.39, 0.29) is 5.91 Å². The van der Waals surface area contributed by atoms with E-state index in [0.29, 0.717) is 18.2 Å². The molecule has 0 atom stereocenters. The summed E-state index contributed by atoms with van der Waals surface area (Å²) in [5.74, 6) is 1.02. The molecule has 0 bridgehead atoms. The van der Waals surface area contributed by atoms with Gasteiger partial charge in [0.05, 0.1) is 0 Å². The lowest BCUT2D eigenvalue weighted by Crippen LogP contribution is -2.14. The monoisotopic (exact) mass is 178 g/mol. The predicted octanol–water partition coefficient (Wildman–Crippen LogP) is 2.07. The number of aromatic nitrogens is 1. The van der Waals surface area contributed by atoms with E-state index in [0.717, 1.165) is 0 Å². The van der Waals surface area contributed by atoms with Crippen molar-refractivity contribution in [3.8, 4) is 0 Å². The van der Waals surface area contributed by atoms with Crippen molar-refractivity contribution in [2.45, 2.75) is 20.3 Å². The molecule has 0 aromatic carbocycles. The molecule has 0 spiro atoms. The molecule has 1 amide bonds. The Bertz CT molecular complexity index is 270. The van der Waals surface area contributed by atoms with Crippen molar-refractivity contribution in [3.05, 3.63) is 24.4 Å². The highest BCUT2D eigenvalue weighted by Crippen LogP contribution is 2.04. The van der Waals surface area contributed by atoms with Crippen LogP contribution in [0.4, 0.5) is 5.82 Å². The van der Waals surface area contributed by atoms with Crippen molar-refractivity contribution >= 4 is 11.7 Å². The van der Waals surface area contributed by atoms with E-state index >= 15 is 0 Å². The summed E-state index contributed by atoms with van der Waals surface area (Å²) < 4.78 is 0. The second kappa shape index (κ2) is 4.60. The van der Waals surface area contributed by atoms with Crippen LogP contribution in [-0.2, 0) is 4.79 Å². The zero-order chi connectivity index (χ0) is 9.68. The predicted molar refractivity (Wildman–Crippen MR) is 52.3 cm³/mol. The Kier molecular flexibility index (Phi) is 3.43. The van der Waals surface area contributed by atoms with Crippen LogP contribution in [0.1, 0.15) is 20.3 Å². The van der Waals surface area contributed by atoms with Gasteiger partial charge in [-0.05, 0) is 18.1 Å². The van der Waals surface area contributed by atoms with E-state index in [4.69, 9.17) is 0 Å². The summed E-state index contributed by atoms with van der Waals surface area (Å²) in [5.41, 5.74) is 0. The molecular weight excluding hydrogens is 164 g/mol. The number of pyridine rings is 1. The molecule has 13 heavy (non-hydrogen) atoms. The number of hydrogen-bond acceptors (Lipinski definition) is 2. The summed E-state index contributed by atoms with van der Waals surface area (Å²) in [6.07, 6.45) is 2.20. The van der Waals surface area contributed by atoms with Crippen molar-refractivity contribution in [1.29, 1.82) is 0 Å². The first kappa shape index (κ1) is 9.71. The van der Waals surface area contributed by atoms with Crippen molar-refractivity contribution in [2.24, 2.45) is 5.92 Å². The minimum Gasteiger partial charge on any atom is -0.311 e. The average molecular weight is 178 g/mol. The van der Waals surface area contributed by atoms with Gasteiger partial charge in [-0.15, -0.1) is 0 Å². The molecule has 1 rings (SSSR count). The molecule has 0 aliphatic heterocycles. The van der Waals surface area contributed by atoms with E-state index < -0.39 is 0 Å². The van der Waals surface area contributed by atoms with Crippen LogP contribution < -0.4 is 5.32 Å². The van der Waals surface area contributed by atoms with Gasteiger partial charge in [-0.25, -0.2) is 4.98 Å². The Balaban J connectivity index is 2.46. The third-order valence-corrected chi connectivity index (χ3v) is 1.53. The van der Waals surface area contributed by atoms with Crippen molar-refractivity contribution < 1.29 is 4.79 Å². The van der Waals surface area contributed by atoms with Crippen LogP contribution in [-0.4, -0.2) is 10.9 Å². The SMILES string of the molecule is CC(C)CC(=O)Nc1ccccn1. The molecule has 1 aromatic rings. The van der Waals surface area contributed by atoms with E-state index in [2.05, 4.69) is 10.3 Å². The van der Waals surface area contributed by atoms with E-state index in [1.807, 2.05) is 26.0 Å². The summed E-state index contributed by atoms with van der Waals surface area (Å²) in [6, 6.07) is 5.44. The summed E-state index contributed by atoms with van der Waals surface area (Å²) in [4.78, 5) is 15.3. The van der Waals surface area contributed by atoms with Gasteiger partial charge in [-0.3, -0.25) is 4.79 Å². The van der Waals surface area contributed by atoms with Crippen LogP contribution in [0.2, 0.25) is 0 Å². The van der Waals surface area contributed by atoms with E-state index in [1.165, 1.54) is 0 Å². The molecule has 1 aromatic heterocycles. The van der Waals surface area contributed by atoms with Gasteiger partial charge in [-0.2, -0.15) is 0 Å². The van der Waals surface area contributed by atoms with Crippen LogP contribution in [0.15, 0.2) is 24.4 Å². The Labute approximate surface area is 78.2 Å². The number of nitrogens with one attached hydrogen (secondary N) is 1. The van der Waals surface area contributed by atoms with Gasteiger partial charge in [0, 0.05) is 12.6 Å². The van der Waals surface area contributed by atoms with Gasteiger partial charge in [0.2, 0.25) is 5.91 Å².